The number of hydrogen-bond acceptors (Lipinski definition) is 8. The molecule has 0 spiro atoms. The first-order valence-electron chi connectivity index (χ1n) is 15.1. The van der Waals surface area contributed by atoms with Gasteiger partial charge < -0.3 is 28.4 Å². The fourth-order valence-electron chi connectivity index (χ4n) is 5.81. The largest absolute Gasteiger partial charge is 0.480 e. The van der Waals surface area contributed by atoms with E-state index in [0.29, 0.717) is 37.8 Å². The van der Waals surface area contributed by atoms with Gasteiger partial charge in [-0.15, -0.1) is 0 Å². The molecule has 1 aliphatic heterocycles. The molecule has 1 aliphatic rings. The third-order valence-corrected chi connectivity index (χ3v) is 8.14. The van der Waals surface area contributed by atoms with Crippen LogP contribution < -0.4 is 9.47 Å². The number of rotatable bonds is 13. The molecule has 5 aromatic rings. The lowest BCUT2D eigenvalue weighted by atomic mass is 9.87. The number of methoxy groups -OCH3 is 2. The van der Waals surface area contributed by atoms with E-state index in [1.807, 2.05) is 84.9 Å². The van der Waals surface area contributed by atoms with Crippen molar-refractivity contribution in [2.75, 3.05) is 20.8 Å². The Morgan fingerprint density at radius 1 is 0.711 bits per heavy atom. The number of ether oxygens (including phenoxy) is 6. The zero-order valence-corrected chi connectivity index (χ0v) is 25.8. The van der Waals surface area contributed by atoms with Gasteiger partial charge in [0.1, 0.15) is 23.9 Å². The molecule has 4 atom stereocenters. The van der Waals surface area contributed by atoms with Gasteiger partial charge >= 0.3 is 6.01 Å². The Bertz CT molecular complexity index is 1670. The van der Waals surface area contributed by atoms with Crippen LogP contribution in [0.3, 0.4) is 0 Å². The quantitative estimate of drug-likeness (QED) is 0.144. The summed E-state index contributed by atoms with van der Waals surface area (Å²) in [6, 6.07) is 36.5. The predicted molar refractivity (Wildman–Crippen MR) is 171 cm³/mol. The lowest BCUT2D eigenvalue weighted by Gasteiger charge is -2.36. The van der Waals surface area contributed by atoms with Gasteiger partial charge in [-0.05, 0) is 41.3 Å². The molecule has 1 fully saturated rings. The Balaban J connectivity index is 1.36. The molecule has 1 aromatic heterocycles. The third-order valence-electron chi connectivity index (χ3n) is 8.14. The summed E-state index contributed by atoms with van der Waals surface area (Å²) >= 11 is 0. The highest BCUT2D eigenvalue weighted by atomic mass is 16.6. The summed E-state index contributed by atoms with van der Waals surface area (Å²) in [7, 11) is 3.12. The van der Waals surface area contributed by atoms with Gasteiger partial charge in [-0.2, -0.15) is 9.97 Å². The molecule has 1 saturated heterocycles. The van der Waals surface area contributed by atoms with Crippen LogP contribution >= 0.6 is 0 Å². The third kappa shape index (κ3) is 7.00. The molecule has 6 rings (SSSR count). The molecule has 0 radical (unpaired) electrons. The summed E-state index contributed by atoms with van der Waals surface area (Å²) < 4.78 is 37.6. The van der Waals surface area contributed by atoms with Crippen LogP contribution in [0.2, 0.25) is 0 Å². The maximum Gasteiger partial charge on any atom is 0.320 e. The molecule has 0 N–H and O–H groups in total. The number of hydrogen-bond donors (Lipinski definition) is 0. The fourth-order valence-corrected chi connectivity index (χ4v) is 5.81. The van der Waals surface area contributed by atoms with E-state index in [4.69, 9.17) is 28.4 Å². The molecule has 0 unspecified atom stereocenters. The highest BCUT2D eigenvalue weighted by Crippen LogP contribution is 2.47. The van der Waals surface area contributed by atoms with Crippen molar-refractivity contribution in [1.29, 1.82) is 0 Å². The normalized spacial score (nSPS) is 21.2. The smallest absolute Gasteiger partial charge is 0.320 e. The van der Waals surface area contributed by atoms with Crippen molar-refractivity contribution >= 4 is 10.9 Å². The van der Waals surface area contributed by atoms with E-state index in [-0.39, 0.29) is 6.01 Å². The maximum absolute atomic E-state index is 6.87. The van der Waals surface area contributed by atoms with E-state index in [0.717, 1.165) is 27.6 Å². The van der Waals surface area contributed by atoms with Crippen LogP contribution in [0.25, 0.3) is 10.9 Å². The second-order valence-corrected chi connectivity index (χ2v) is 11.2. The summed E-state index contributed by atoms with van der Waals surface area (Å²) in [4.78, 5) is 8.95. The van der Waals surface area contributed by atoms with E-state index >= 15 is 0 Å². The van der Waals surface area contributed by atoms with E-state index < -0.39 is 23.9 Å². The van der Waals surface area contributed by atoms with E-state index in [1.165, 1.54) is 7.11 Å². The highest BCUT2D eigenvalue weighted by Gasteiger charge is 2.56. The monoisotopic (exact) mass is 606 g/mol. The van der Waals surface area contributed by atoms with Gasteiger partial charge in [0, 0.05) is 0 Å². The first kappa shape index (κ1) is 30.7. The Morgan fingerprint density at radius 2 is 1.33 bits per heavy atom. The molecule has 2 heterocycles. The van der Waals surface area contributed by atoms with Crippen molar-refractivity contribution in [2.45, 2.75) is 50.7 Å². The van der Waals surface area contributed by atoms with Crippen LogP contribution in [0.1, 0.15) is 35.3 Å². The molecule has 8 heteroatoms. The van der Waals surface area contributed by atoms with Crippen LogP contribution in [-0.4, -0.2) is 48.6 Å². The van der Waals surface area contributed by atoms with Gasteiger partial charge in [-0.3, -0.25) is 0 Å². The van der Waals surface area contributed by atoms with Gasteiger partial charge in [0.25, 0.3) is 0 Å². The molecule has 45 heavy (non-hydrogen) atoms. The van der Waals surface area contributed by atoms with Crippen LogP contribution in [0.4, 0.5) is 0 Å². The minimum absolute atomic E-state index is 0.225. The van der Waals surface area contributed by atoms with E-state index in [9.17, 15) is 0 Å². The van der Waals surface area contributed by atoms with Crippen LogP contribution in [0.15, 0.2) is 109 Å². The van der Waals surface area contributed by atoms with E-state index in [1.54, 1.807) is 7.11 Å². The summed E-state index contributed by atoms with van der Waals surface area (Å²) in [6.45, 7) is 3.65. The Labute approximate surface area is 263 Å². The summed E-state index contributed by atoms with van der Waals surface area (Å²) in [6.07, 6.45) is -1.36. The molecular weight excluding hydrogens is 568 g/mol. The summed E-state index contributed by atoms with van der Waals surface area (Å²) in [5.74, 6) is 0.440. The van der Waals surface area contributed by atoms with Crippen molar-refractivity contribution in [2.24, 2.45) is 0 Å². The fraction of sp³-hybridized carbons (Fsp3) is 0.297. The second kappa shape index (κ2) is 14.2. The van der Waals surface area contributed by atoms with Gasteiger partial charge in [0.2, 0.25) is 5.88 Å². The lowest BCUT2D eigenvalue weighted by molar-refractivity contribution is -0.147. The van der Waals surface area contributed by atoms with Crippen molar-refractivity contribution in [3.05, 3.63) is 131 Å². The molecule has 0 amide bonds. The van der Waals surface area contributed by atoms with Crippen LogP contribution in [-0.2, 0) is 38.8 Å². The minimum atomic E-state index is -0.889. The van der Waals surface area contributed by atoms with E-state index in [2.05, 4.69) is 41.2 Å². The Hall–Kier alpha value is -4.34. The van der Waals surface area contributed by atoms with Gasteiger partial charge in [0.15, 0.2) is 0 Å². The molecular formula is C37H38N2O6. The first-order valence-corrected chi connectivity index (χ1v) is 15.1. The first-order chi connectivity index (χ1) is 22.1. The SMILES string of the molecule is COc1nc(OC)c2ccc([C@@H]3O[C@H](COCc4ccccc4)[C@@H](OCc4ccccc4)[C@@]3(C)OCc3ccccc3)cc2n1. The number of aromatic nitrogens is 2. The van der Waals surface area contributed by atoms with Gasteiger partial charge in [-0.1, -0.05) is 97.1 Å². The van der Waals surface area contributed by atoms with Crippen LogP contribution in [0.5, 0.6) is 11.9 Å². The molecule has 8 nitrogen and oxygen atoms in total. The molecule has 232 valence electrons. The van der Waals surface area contributed by atoms with Crippen LogP contribution in [0, 0.1) is 0 Å². The number of benzene rings is 4. The summed E-state index contributed by atoms with van der Waals surface area (Å²) in [5, 5.41) is 0.770. The maximum atomic E-state index is 6.87. The van der Waals surface area contributed by atoms with Crippen molar-refractivity contribution in [3.8, 4) is 11.9 Å². The predicted octanol–water partition coefficient (Wildman–Crippen LogP) is 6.86. The van der Waals surface area contributed by atoms with Crippen molar-refractivity contribution in [3.63, 3.8) is 0 Å². The van der Waals surface area contributed by atoms with Gasteiger partial charge in [0.05, 0.1) is 51.6 Å². The Kier molecular flexibility index (Phi) is 9.66. The number of nitrogens with zero attached hydrogens (tertiary/aromatic N) is 2. The average Bonchev–Trinajstić information content (AvgIpc) is 3.37. The van der Waals surface area contributed by atoms with Crippen molar-refractivity contribution in [1.82, 2.24) is 9.97 Å². The van der Waals surface area contributed by atoms with Gasteiger partial charge in [-0.25, -0.2) is 0 Å². The average molecular weight is 607 g/mol. The molecule has 0 bridgehead atoms. The Morgan fingerprint density at radius 3 is 1.96 bits per heavy atom. The molecule has 0 aliphatic carbocycles. The second-order valence-electron chi connectivity index (χ2n) is 11.2. The summed E-state index contributed by atoms with van der Waals surface area (Å²) in [5.41, 5.74) is 3.89. The molecule has 0 saturated carbocycles. The topological polar surface area (TPSA) is 81.2 Å². The lowest BCUT2D eigenvalue weighted by Crippen LogP contribution is -2.47. The zero-order valence-electron chi connectivity index (χ0n) is 25.8. The van der Waals surface area contributed by atoms with Crippen molar-refractivity contribution < 1.29 is 28.4 Å². The minimum Gasteiger partial charge on any atom is -0.480 e. The number of fused-ring (bicyclic) bond motifs is 1. The standard InChI is InChI=1S/C37H38N2O6/c1-37(44-24-28-17-11-6-12-18-28)33(29-19-20-30-31(21-29)38-36(41-3)39-35(30)40-2)45-32(25-42-22-26-13-7-4-8-14-26)34(37)43-23-27-15-9-5-10-16-27/h4-21,32-34H,22-25H2,1-3H3/t32-,33+,34-,37+/m1/s1. The zero-order chi connectivity index (χ0) is 31.1. The highest BCUT2D eigenvalue weighted by molar-refractivity contribution is 5.84. The molecule has 4 aromatic carbocycles.